The van der Waals surface area contributed by atoms with Gasteiger partial charge in [0.25, 0.3) is 5.91 Å². The van der Waals surface area contributed by atoms with E-state index in [-0.39, 0.29) is 36.6 Å². The molecule has 29 heavy (non-hydrogen) atoms. The Labute approximate surface area is 183 Å². The van der Waals surface area contributed by atoms with E-state index >= 15 is 0 Å². The van der Waals surface area contributed by atoms with Crippen LogP contribution in [0.1, 0.15) is 42.1 Å². The summed E-state index contributed by atoms with van der Waals surface area (Å²) in [4.78, 5) is 30.8. The summed E-state index contributed by atoms with van der Waals surface area (Å²) in [6.07, 6.45) is 2.35. The van der Waals surface area contributed by atoms with Gasteiger partial charge < -0.3 is 16.0 Å². The molecular formula is C19H28Cl2N6O2. The van der Waals surface area contributed by atoms with Crippen molar-refractivity contribution < 1.29 is 9.59 Å². The van der Waals surface area contributed by atoms with Gasteiger partial charge in [0.2, 0.25) is 5.91 Å². The van der Waals surface area contributed by atoms with E-state index in [0.29, 0.717) is 44.2 Å². The second-order valence-electron chi connectivity index (χ2n) is 7.24. The molecule has 1 aliphatic heterocycles. The van der Waals surface area contributed by atoms with Crippen molar-refractivity contribution in [3.8, 4) is 0 Å². The van der Waals surface area contributed by atoms with Gasteiger partial charge in [-0.1, -0.05) is 19.9 Å². The molecule has 0 saturated carbocycles. The van der Waals surface area contributed by atoms with E-state index in [4.69, 9.17) is 5.73 Å². The monoisotopic (exact) mass is 442 g/mol. The van der Waals surface area contributed by atoms with Crippen molar-refractivity contribution in [3.63, 3.8) is 0 Å². The van der Waals surface area contributed by atoms with Gasteiger partial charge in [-0.2, -0.15) is 5.10 Å². The number of carbonyl (C=O) groups excluding carboxylic acids is 2. The van der Waals surface area contributed by atoms with Crippen molar-refractivity contribution in [1.29, 1.82) is 0 Å². The number of pyridine rings is 1. The highest BCUT2D eigenvalue weighted by atomic mass is 35.5. The van der Waals surface area contributed by atoms with Gasteiger partial charge >= 0.3 is 0 Å². The highest BCUT2D eigenvalue weighted by Crippen LogP contribution is 2.16. The van der Waals surface area contributed by atoms with Crippen LogP contribution in [-0.4, -0.2) is 44.1 Å². The van der Waals surface area contributed by atoms with Crippen LogP contribution in [0, 0.1) is 5.92 Å². The lowest BCUT2D eigenvalue weighted by molar-refractivity contribution is -0.134. The van der Waals surface area contributed by atoms with Crippen molar-refractivity contribution in [1.82, 2.24) is 25.0 Å². The first-order valence-electron chi connectivity index (χ1n) is 9.23. The van der Waals surface area contributed by atoms with Gasteiger partial charge in [-0.05, 0) is 30.5 Å². The van der Waals surface area contributed by atoms with Crippen LogP contribution in [-0.2, 0) is 24.4 Å². The van der Waals surface area contributed by atoms with Crippen molar-refractivity contribution >= 4 is 36.6 Å². The number of rotatable bonds is 6. The van der Waals surface area contributed by atoms with Crippen LogP contribution in [0.15, 0.2) is 30.5 Å². The Morgan fingerprint density at radius 1 is 1.24 bits per heavy atom. The highest BCUT2D eigenvalue weighted by molar-refractivity contribution is 5.92. The molecule has 0 unspecified atom stereocenters. The molecule has 0 saturated heterocycles. The van der Waals surface area contributed by atoms with E-state index in [1.54, 1.807) is 21.8 Å². The van der Waals surface area contributed by atoms with Crippen LogP contribution in [0.3, 0.4) is 0 Å². The topological polar surface area (TPSA) is 106 Å². The van der Waals surface area contributed by atoms with Gasteiger partial charge in [0.15, 0.2) is 5.69 Å². The number of hydrogen-bond donors (Lipinski definition) is 2. The average Bonchev–Trinajstić information content (AvgIpc) is 3.09. The number of fused-ring (bicyclic) bond motifs is 1. The minimum Gasteiger partial charge on any atom is -0.345 e. The molecule has 10 heteroatoms. The second-order valence-corrected chi connectivity index (χ2v) is 7.24. The first-order chi connectivity index (χ1) is 12.9. The largest absolute Gasteiger partial charge is 0.345 e. The lowest BCUT2D eigenvalue weighted by atomic mass is 10.0. The maximum Gasteiger partial charge on any atom is 0.272 e. The smallest absolute Gasteiger partial charge is 0.272 e. The number of aromatic nitrogens is 3. The molecule has 0 spiro atoms. The molecule has 0 fully saturated rings. The molecule has 3 N–H and O–H groups in total. The SMILES string of the molecule is CC(C)C[C@@H](N)C(=O)N1CCn2nc(C(=O)NCc3ccccn3)cc2C1.Cl.Cl. The van der Waals surface area contributed by atoms with Crippen molar-refractivity contribution in [3.05, 3.63) is 47.5 Å². The quantitative estimate of drug-likeness (QED) is 0.708. The van der Waals surface area contributed by atoms with Crippen molar-refractivity contribution in [2.75, 3.05) is 6.54 Å². The molecule has 2 aromatic heterocycles. The summed E-state index contributed by atoms with van der Waals surface area (Å²) in [7, 11) is 0. The van der Waals surface area contributed by atoms with Crippen LogP contribution < -0.4 is 11.1 Å². The molecule has 1 atom stereocenters. The van der Waals surface area contributed by atoms with Gasteiger partial charge in [0.05, 0.1) is 37.1 Å². The number of nitrogens with two attached hydrogens (primary N) is 1. The maximum atomic E-state index is 12.5. The zero-order valence-electron chi connectivity index (χ0n) is 16.6. The summed E-state index contributed by atoms with van der Waals surface area (Å²) in [5.41, 5.74) is 8.01. The van der Waals surface area contributed by atoms with Gasteiger partial charge in [-0.25, -0.2) is 0 Å². The fraction of sp³-hybridized carbons (Fsp3) is 0.474. The second kappa shape index (κ2) is 11.1. The van der Waals surface area contributed by atoms with Crippen LogP contribution in [0.25, 0.3) is 0 Å². The molecule has 0 radical (unpaired) electrons. The fourth-order valence-electron chi connectivity index (χ4n) is 3.17. The fourth-order valence-corrected chi connectivity index (χ4v) is 3.17. The lowest BCUT2D eigenvalue weighted by Crippen LogP contribution is -2.47. The van der Waals surface area contributed by atoms with E-state index in [0.717, 1.165) is 11.4 Å². The predicted octanol–water partition coefficient (Wildman–Crippen LogP) is 1.77. The molecule has 1 aliphatic rings. The van der Waals surface area contributed by atoms with Crippen LogP contribution in [0.4, 0.5) is 0 Å². The van der Waals surface area contributed by atoms with E-state index in [1.165, 1.54) is 0 Å². The Balaban J connectivity index is 0.00000210. The van der Waals surface area contributed by atoms with E-state index in [2.05, 4.69) is 15.4 Å². The number of carbonyl (C=O) groups is 2. The molecule has 8 nitrogen and oxygen atoms in total. The zero-order valence-corrected chi connectivity index (χ0v) is 18.2. The van der Waals surface area contributed by atoms with E-state index < -0.39 is 6.04 Å². The van der Waals surface area contributed by atoms with Crippen LogP contribution >= 0.6 is 24.8 Å². The summed E-state index contributed by atoms with van der Waals surface area (Å²) in [5, 5.41) is 7.19. The van der Waals surface area contributed by atoms with Gasteiger partial charge in [-0.15, -0.1) is 24.8 Å². The number of amides is 2. The molecular weight excluding hydrogens is 415 g/mol. The standard InChI is InChI=1S/C19H26N6O2.2ClH/c1-13(2)9-16(20)19(27)24-7-8-25-15(12-24)10-17(23-25)18(26)22-11-14-5-3-4-6-21-14;;/h3-6,10,13,16H,7-9,11-12,20H2,1-2H3,(H,22,26);2*1H/t16-;;/m1../s1. The summed E-state index contributed by atoms with van der Waals surface area (Å²) in [6.45, 7) is 5.97. The van der Waals surface area contributed by atoms with Gasteiger partial charge in [0.1, 0.15) is 0 Å². The Morgan fingerprint density at radius 3 is 2.66 bits per heavy atom. The minimum absolute atomic E-state index is 0. The van der Waals surface area contributed by atoms with Gasteiger partial charge in [-0.3, -0.25) is 19.3 Å². The Hall–Kier alpha value is -2.16. The third-order valence-corrected chi connectivity index (χ3v) is 4.54. The normalized spacial score (nSPS) is 13.7. The third-order valence-electron chi connectivity index (χ3n) is 4.54. The first-order valence-corrected chi connectivity index (χ1v) is 9.23. The minimum atomic E-state index is -0.486. The highest BCUT2D eigenvalue weighted by Gasteiger charge is 2.27. The van der Waals surface area contributed by atoms with Crippen LogP contribution in [0.5, 0.6) is 0 Å². The molecule has 0 aromatic carbocycles. The molecule has 2 amide bonds. The molecule has 2 aromatic rings. The molecule has 3 rings (SSSR count). The third kappa shape index (κ3) is 6.42. The molecule has 3 heterocycles. The van der Waals surface area contributed by atoms with Crippen molar-refractivity contribution in [2.45, 2.75) is 45.9 Å². The first kappa shape index (κ1) is 24.9. The van der Waals surface area contributed by atoms with Crippen molar-refractivity contribution in [2.24, 2.45) is 11.7 Å². The molecule has 160 valence electrons. The number of nitrogens with one attached hydrogen (secondary N) is 1. The zero-order chi connectivity index (χ0) is 19.4. The number of nitrogens with zero attached hydrogens (tertiary/aromatic N) is 4. The summed E-state index contributed by atoms with van der Waals surface area (Å²) >= 11 is 0. The Morgan fingerprint density at radius 2 is 2.00 bits per heavy atom. The van der Waals surface area contributed by atoms with Crippen LogP contribution in [0.2, 0.25) is 0 Å². The van der Waals surface area contributed by atoms with E-state index in [1.807, 2.05) is 32.0 Å². The predicted molar refractivity (Wildman–Crippen MR) is 115 cm³/mol. The summed E-state index contributed by atoms with van der Waals surface area (Å²) < 4.78 is 1.79. The Kier molecular flexibility index (Phi) is 9.55. The van der Waals surface area contributed by atoms with E-state index in [9.17, 15) is 9.59 Å². The Bertz CT molecular complexity index is 812. The number of halogens is 2. The maximum absolute atomic E-state index is 12.5. The summed E-state index contributed by atoms with van der Waals surface area (Å²) in [6, 6.07) is 6.80. The summed E-state index contributed by atoms with van der Waals surface area (Å²) in [5.74, 6) is 0.0721. The number of hydrogen-bond acceptors (Lipinski definition) is 5. The molecule has 0 bridgehead atoms. The average molecular weight is 443 g/mol. The lowest BCUT2D eigenvalue weighted by Gasteiger charge is -2.30. The molecule has 0 aliphatic carbocycles. The van der Waals surface area contributed by atoms with Gasteiger partial charge in [0, 0.05) is 12.7 Å².